The average molecular weight is 446 g/mol. The summed E-state index contributed by atoms with van der Waals surface area (Å²) in [7, 11) is -2.69. The van der Waals surface area contributed by atoms with Gasteiger partial charge in [-0.15, -0.1) is 0 Å². The lowest BCUT2D eigenvalue weighted by atomic mass is 10.2. The van der Waals surface area contributed by atoms with Gasteiger partial charge in [-0.05, 0) is 60.2 Å². The minimum atomic E-state index is -4.07. The smallest absolute Gasteiger partial charge is 0.339 e. The van der Waals surface area contributed by atoms with Gasteiger partial charge >= 0.3 is 10.1 Å². The molecule has 1 amide bonds. The van der Waals surface area contributed by atoms with Gasteiger partial charge in [-0.3, -0.25) is 9.78 Å². The fourth-order valence-corrected chi connectivity index (χ4v) is 3.39. The molecule has 0 saturated heterocycles. The highest BCUT2D eigenvalue weighted by Crippen LogP contribution is 2.30. The third-order valence-corrected chi connectivity index (χ3v) is 5.29. The van der Waals surface area contributed by atoms with Crippen LogP contribution in [-0.4, -0.2) is 32.6 Å². The van der Waals surface area contributed by atoms with E-state index in [0.29, 0.717) is 16.1 Å². The Balaban J connectivity index is 1.73. The van der Waals surface area contributed by atoms with Crippen LogP contribution in [0.3, 0.4) is 0 Å². The van der Waals surface area contributed by atoms with E-state index in [4.69, 9.17) is 20.5 Å². The molecule has 30 heavy (non-hydrogen) atoms. The predicted molar refractivity (Wildman–Crippen MR) is 112 cm³/mol. The number of aromatic nitrogens is 1. The summed E-state index contributed by atoms with van der Waals surface area (Å²) in [5.74, 6) is -0.237. The van der Waals surface area contributed by atoms with E-state index in [1.807, 2.05) is 0 Å². The Labute approximate surface area is 178 Å². The van der Waals surface area contributed by atoms with Gasteiger partial charge in [0.1, 0.15) is 4.90 Å². The van der Waals surface area contributed by atoms with Gasteiger partial charge in [0.15, 0.2) is 11.5 Å². The lowest BCUT2D eigenvalue weighted by molar-refractivity contribution is 0.0954. The van der Waals surface area contributed by atoms with E-state index in [1.165, 1.54) is 55.9 Å². The number of nitrogens with one attached hydrogen (secondary N) is 1. The van der Waals surface area contributed by atoms with Gasteiger partial charge in [0.05, 0.1) is 18.9 Å². The lowest BCUT2D eigenvalue weighted by Gasteiger charge is -2.11. The maximum absolute atomic E-state index is 12.4. The summed E-state index contributed by atoms with van der Waals surface area (Å²) in [4.78, 5) is 15.8. The molecule has 0 aliphatic carbocycles. The molecule has 0 radical (unpaired) electrons. The molecular weight excluding hydrogens is 430 g/mol. The first kappa shape index (κ1) is 21.3. The Morgan fingerprint density at radius 2 is 1.90 bits per heavy atom. The zero-order valence-electron chi connectivity index (χ0n) is 15.7. The van der Waals surface area contributed by atoms with E-state index < -0.39 is 16.0 Å². The highest BCUT2D eigenvalue weighted by molar-refractivity contribution is 7.87. The van der Waals surface area contributed by atoms with Gasteiger partial charge in [-0.1, -0.05) is 11.6 Å². The number of benzene rings is 2. The molecule has 154 valence electrons. The number of carbonyl (C=O) groups is 1. The predicted octanol–water partition coefficient (Wildman–Crippen LogP) is 3.28. The van der Waals surface area contributed by atoms with Crippen molar-refractivity contribution in [2.75, 3.05) is 7.11 Å². The quantitative estimate of drug-likeness (QED) is 0.340. The molecule has 8 nitrogen and oxygen atoms in total. The number of amides is 1. The van der Waals surface area contributed by atoms with Gasteiger partial charge < -0.3 is 8.92 Å². The van der Waals surface area contributed by atoms with Crippen LogP contribution in [-0.2, 0) is 10.1 Å². The molecule has 0 atom stereocenters. The van der Waals surface area contributed by atoms with Gasteiger partial charge in [0, 0.05) is 17.4 Å². The molecule has 1 N–H and O–H groups in total. The first-order valence-corrected chi connectivity index (χ1v) is 10.3. The van der Waals surface area contributed by atoms with E-state index in [2.05, 4.69) is 15.5 Å². The molecule has 0 saturated carbocycles. The van der Waals surface area contributed by atoms with Crippen molar-refractivity contribution in [2.24, 2.45) is 5.10 Å². The summed E-state index contributed by atoms with van der Waals surface area (Å²) in [5, 5.41) is 4.28. The van der Waals surface area contributed by atoms with Crippen LogP contribution in [0.25, 0.3) is 0 Å². The van der Waals surface area contributed by atoms with Crippen molar-refractivity contribution in [3.63, 3.8) is 0 Å². The van der Waals surface area contributed by atoms with Crippen molar-refractivity contribution in [1.29, 1.82) is 0 Å². The van der Waals surface area contributed by atoms with Crippen LogP contribution in [0.15, 0.2) is 77.0 Å². The van der Waals surface area contributed by atoms with Crippen LogP contribution < -0.4 is 14.3 Å². The lowest BCUT2D eigenvalue weighted by Crippen LogP contribution is -2.17. The topological polar surface area (TPSA) is 107 Å². The van der Waals surface area contributed by atoms with Crippen molar-refractivity contribution in [1.82, 2.24) is 10.4 Å². The third-order valence-electron chi connectivity index (χ3n) is 3.79. The second kappa shape index (κ2) is 9.38. The molecule has 0 fully saturated rings. The van der Waals surface area contributed by atoms with Crippen molar-refractivity contribution in [2.45, 2.75) is 4.90 Å². The number of hydrogen-bond donors (Lipinski definition) is 1. The Kier molecular flexibility index (Phi) is 6.65. The molecule has 1 heterocycles. The number of nitrogens with zero attached hydrogens (tertiary/aromatic N) is 2. The average Bonchev–Trinajstić information content (AvgIpc) is 2.75. The third kappa shape index (κ3) is 5.34. The first-order valence-electron chi connectivity index (χ1n) is 8.50. The monoisotopic (exact) mass is 445 g/mol. The van der Waals surface area contributed by atoms with E-state index >= 15 is 0 Å². The van der Waals surface area contributed by atoms with Crippen LogP contribution in [0.5, 0.6) is 11.5 Å². The molecule has 3 rings (SSSR count). The molecule has 0 spiro atoms. The maximum Gasteiger partial charge on any atom is 0.339 e. The maximum atomic E-state index is 12.4. The second-order valence-electron chi connectivity index (χ2n) is 5.84. The van der Waals surface area contributed by atoms with Gasteiger partial charge in [0.25, 0.3) is 5.91 Å². The van der Waals surface area contributed by atoms with E-state index in [1.54, 1.807) is 24.4 Å². The zero-order chi connectivity index (χ0) is 21.6. The van der Waals surface area contributed by atoms with Gasteiger partial charge in [0.2, 0.25) is 0 Å². The molecule has 2 aromatic carbocycles. The summed E-state index contributed by atoms with van der Waals surface area (Å²) < 4.78 is 35.3. The van der Waals surface area contributed by atoms with Crippen LogP contribution >= 0.6 is 11.6 Å². The minimum Gasteiger partial charge on any atom is -0.493 e. The molecule has 0 aliphatic heterocycles. The molecule has 3 aromatic rings. The number of halogens is 1. The van der Waals surface area contributed by atoms with Crippen molar-refractivity contribution in [3.05, 3.63) is 83.1 Å². The number of ether oxygens (including phenoxy) is 1. The molecule has 1 aromatic heterocycles. The highest BCUT2D eigenvalue weighted by Gasteiger charge is 2.19. The first-order chi connectivity index (χ1) is 14.4. The van der Waals surface area contributed by atoms with E-state index in [9.17, 15) is 13.2 Å². The summed E-state index contributed by atoms with van der Waals surface area (Å²) >= 11 is 5.79. The number of pyridine rings is 1. The standard InChI is InChI=1S/C20H16ClN3O5S/c1-28-19-11-14(12-23-24-20(25)15-3-2-10-22-13-15)4-9-18(19)29-30(26,27)17-7-5-16(21)6-8-17/h2-13H,1H3,(H,24,25)/b23-12+. The highest BCUT2D eigenvalue weighted by atomic mass is 35.5. The largest absolute Gasteiger partial charge is 0.493 e. The number of hydrogen-bond acceptors (Lipinski definition) is 7. The molecular formula is C20H16ClN3O5S. The normalized spacial score (nSPS) is 11.3. The number of methoxy groups -OCH3 is 1. The van der Waals surface area contributed by atoms with Crippen molar-refractivity contribution in [3.8, 4) is 11.5 Å². The van der Waals surface area contributed by atoms with Crippen LogP contribution in [0.4, 0.5) is 0 Å². The number of hydrazone groups is 1. The Hall–Kier alpha value is -3.43. The van der Waals surface area contributed by atoms with E-state index in [-0.39, 0.29) is 16.4 Å². The fraction of sp³-hybridized carbons (Fsp3) is 0.0500. The zero-order valence-corrected chi connectivity index (χ0v) is 17.2. The molecule has 0 aliphatic rings. The SMILES string of the molecule is COc1cc(/C=N/NC(=O)c2cccnc2)ccc1OS(=O)(=O)c1ccc(Cl)cc1. The van der Waals surface area contributed by atoms with Gasteiger partial charge in [-0.2, -0.15) is 13.5 Å². The van der Waals surface area contributed by atoms with E-state index in [0.717, 1.165) is 0 Å². The molecule has 10 heteroatoms. The minimum absolute atomic E-state index is 0.00370. The second-order valence-corrected chi connectivity index (χ2v) is 7.83. The van der Waals surface area contributed by atoms with Crippen LogP contribution in [0.2, 0.25) is 5.02 Å². The van der Waals surface area contributed by atoms with Crippen molar-refractivity contribution >= 4 is 33.8 Å². The Bertz CT molecular complexity index is 1170. The van der Waals surface area contributed by atoms with Crippen LogP contribution in [0.1, 0.15) is 15.9 Å². The molecule has 0 bridgehead atoms. The summed E-state index contributed by atoms with van der Waals surface area (Å²) in [6.45, 7) is 0. The Morgan fingerprint density at radius 3 is 2.57 bits per heavy atom. The Morgan fingerprint density at radius 1 is 1.13 bits per heavy atom. The van der Waals surface area contributed by atoms with Crippen molar-refractivity contribution < 1.29 is 22.1 Å². The van der Waals surface area contributed by atoms with Crippen LogP contribution in [0, 0.1) is 0 Å². The number of rotatable bonds is 7. The van der Waals surface area contributed by atoms with Gasteiger partial charge in [-0.25, -0.2) is 5.43 Å². The number of carbonyl (C=O) groups excluding carboxylic acids is 1. The fourth-order valence-electron chi connectivity index (χ4n) is 2.33. The summed E-state index contributed by atoms with van der Waals surface area (Å²) in [5.41, 5.74) is 3.29. The molecule has 0 unspecified atom stereocenters. The summed E-state index contributed by atoms with van der Waals surface area (Å²) in [6, 6.07) is 13.3. The summed E-state index contributed by atoms with van der Waals surface area (Å²) in [6.07, 6.45) is 4.36.